The van der Waals surface area contributed by atoms with Crippen molar-refractivity contribution in [1.82, 2.24) is 4.72 Å². The van der Waals surface area contributed by atoms with Crippen LogP contribution >= 0.6 is 0 Å². The van der Waals surface area contributed by atoms with Gasteiger partial charge < -0.3 is 9.66 Å². The minimum Gasteiger partial charge on any atom is -0.735 e. The third kappa shape index (κ3) is 9.00. The number of benzene rings is 1. The van der Waals surface area contributed by atoms with Crippen LogP contribution in [0.3, 0.4) is 0 Å². The average Bonchev–Trinajstić information content (AvgIpc) is 2.46. The maximum absolute atomic E-state index is 12.3. The maximum atomic E-state index is 12.3. The van der Waals surface area contributed by atoms with Gasteiger partial charge in [0.2, 0.25) is 0 Å². The molecule has 0 unspecified atom stereocenters. The summed E-state index contributed by atoms with van der Waals surface area (Å²) in [6, 6.07) is 5.03. The van der Waals surface area contributed by atoms with Gasteiger partial charge in [0.1, 0.15) is 5.75 Å². The molecule has 0 fully saturated rings. The van der Waals surface area contributed by atoms with Crippen molar-refractivity contribution in [3.8, 4) is 5.75 Å². The number of nitrogens with one attached hydrogen (secondary N) is 1. The van der Waals surface area contributed by atoms with E-state index < -0.39 is 16.3 Å². The molecular formula is C17H26NO5S-. The van der Waals surface area contributed by atoms with Gasteiger partial charge in [-0.3, -0.25) is 4.79 Å². The topological polar surface area (TPSA) is 107 Å². The highest BCUT2D eigenvalue weighted by molar-refractivity contribution is 7.83. The summed E-state index contributed by atoms with van der Waals surface area (Å²) in [5, 5.41) is 9.26. The van der Waals surface area contributed by atoms with Crippen molar-refractivity contribution < 1.29 is 22.9 Å². The smallest absolute Gasteiger partial charge is 0.160 e. The Labute approximate surface area is 144 Å². The Morgan fingerprint density at radius 2 is 1.79 bits per heavy atom. The van der Waals surface area contributed by atoms with Crippen LogP contribution in [0.4, 0.5) is 0 Å². The largest absolute Gasteiger partial charge is 0.735 e. The maximum Gasteiger partial charge on any atom is 0.160 e. The monoisotopic (exact) mass is 356 g/mol. The van der Waals surface area contributed by atoms with Crippen LogP contribution in [-0.2, 0) is 21.5 Å². The fourth-order valence-electron chi connectivity index (χ4n) is 2.47. The van der Waals surface area contributed by atoms with Crippen LogP contribution in [-0.4, -0.2) is 29.9 Å². The Hall–Kier alpha value is -1.44. The highest BCUT2D eigenvalue weighted by Gasteiger charge is 2.20. The second kappa shape index (κ2) is 9.76. The molecule has 6 nitrogen and oxygen atoms in total. The van der Waals surface area contributed by atoms with Crippen LogP contribution in [0, 0.1) is 5.92 Å². The molecule has 1 aromatic rings. The number of phenolic OH excluding ortho intramolecular Hbond substituents is 1. The van der Waals surface area contributed by atoms with E-state index in [2.05, 4.69) is 13.8 Å². The quantitative estimate of drug-likeness (QED) is 0.468. The normalized spacial score (nSPS) is 13.2. The van der Waals surface area contributed by atoms with Gasteiger partial charge in [-0.15, -0.1) is 0 Å². The van der Waals surface area contributed by atoms with E-state index in [0.29, 0.717) is 17.9 Å². The molecule has 0 heterocycles. The molecule has 1 aromatic carbocycles. The number of unbranched alkanes of at least 4 members (excludes halogenated alkanes) is 2. The van der Waals surface area contributed by atoms with Gasteiger partial charge in [-0.25, -0.2) is 13.1 Å². The average molecular weight is 356 g/mol. The van der Waals surface area contributed by atoms with Gasteiger partial charge in [0.05, 0.1) is 6.04 Å². The molecular weight excluding hydrogens is 330 g/mol. The predicted octanol–water partition coefficient (Wildman–Crippen LogP) is 2.53. The predicted molar refractivity (Wildman–Crippen MR) is 91.4 cm³/mol. The van der Waals surface area contributed by atoms with Gasteiger partial charge in [0, 0.05) is 6.42 Å². The molecule has 0 aliphatic rings. The molecule has 0 aliphatic heterocycles. The first-order valence-corrected chi connectivity index (χ1v) is 9.62. The lowest BCUT2D eigenvalue weighted by Gasteiger charge is -2.20. The summed E-state index contributed by atoms with van der Waals surface area (Å²) in [5.74, 6) is 0.415. The van der Waals surface area contributed by atoms with E-state index in [1.165, 1.54) is 12.1 Å². The molecule has 0 spiro atoms. The molecule has 0 aliphatic carbocycles. The minimum absolute atomic E-state index is 0.0798. The Kier molecular flexibility index (Phi) is 8.38. The van der Waals surface area contributed by atoms with Crippen LogP contribution in [0.25, 0.3) is 0 Å². The molecule has 1 rings (SSSR count). The second-order valence-corrected chi connectivity index (χ2v) is 7.60. The third-order valence-corrected chi connectivity index (χ3v) is 4.33. The summed E-state index contributed by atoms with van der Waals surface area (Å²) in [5.41, 5.74) is 0.669. The second-order valence-electron chi connectivity index (χ2n) is 6.45. The third-order valence-electron chi connectivity index (χ3n) is 3.76. The first-order chi connectivity index (χ1) is 11.2. The number of carbonyl (C=O) groups excluding carboxylic acids is 1. The Morgan fingerprint density at radius 3 is 2.33 bits per heavy atom. The summed E-state index contributed by atoms with van der Waals surface area (Å²) < 4.78 is 34.8. The van der Waals surface area contributed by atoms with E-state index in [1.54, 1.807) is 12.1 Å². The zero-order valence-corrected chi connectivity index (χ0v) is 15.0. The molecule has 0 radical (unpaired) electrons. The zero-order chi connectivity index (χ0) is 18.2. The van der Waals surface area contributed by atoms with Crippen LogP contribution in [0.15, 0.2) is 24.3 Å². The van der Waals surface area contributed by atoms with Crippen LogP contribution in [0.2, 0.25) is 0 Å². The number of Topliss-reactive ketones (excluding diaryl/α,β-unsaturated/α-hetero) is 1. The summed E-state index contributed by atoms with van der Waals surface area (Å²) in [4.78, 5) is 12.3. The van der Waals surface area contributed by atoms with Crippen molar-refractivity contribution >= 4 is 16.1 Å². The van der Waals surface area contributed by atoms with Crippen molar-refractivity contribution in [2.75, 3.05) is 0 Å². The van der Waals surface area contributed by atoms with Crippen molar-refractivity contribution in [2.24, 2.45) is 5.92 Å². The van der Waals surface area contributed by atoms with Gasteiger partial charge in [0.15, 0.2) is 16.1 Å². The molecule has 1 atom stereocenters. The van der Waals surface area contributed by atoms with Gasteiger partial charge >= 0.3 is 0 Å². The lowest BCUT2D eigenvalue weighted by Crippen LogP contribution is -2.42. The van der Waals surface area contributed by atoms with E-state index in [0.717, 1.165) is 19.3 Å². The van der Waals surface area contributed by atoms with E-state index in [9.17, 15) is 22.9 Å². The molecule has 24 heavy (non-hydrogen) atoms. The Bertz CT molecular complexity index is 610. The summed E-state index contributed by atoms with van der Waals surface area (Å²) in [7, 11) is -4.71. The number of hydrogen-bond acceptors (Lipinski definition) is 5. The van der Waals surface area contributed by atoms with E-state index in [4.69, 9.17) is 0 Å². The van der Waals surface area contributed by atoms with Gasteiger partial charge in [-0.2, -0.15) is 0 Å². The van der Waals surface area contributed by atoms with E-state index in [-0.39, 0.29) is 24.4 Å². The summed E-state index contributed by atoms with van der Waals surface area (Å²) in [6.07, 6.45) is 4.04. The lowest BCUT2D eigenvalue weighted by atomic mass is 9.98. The fourth-order valence-corrected chi connectivity index (χ4v) is 3.03. The molecule has 2 N–H and O–H groups in total. The van der Waals surface area contributed by atoms with Crippen LogP contribution < -0.4 is 4.72 Å². The van der Waals surface area contributed by atoms with Gasteiger partial charge in [0.25, 0.3) is 0 Å². The van der Waals surface area contributed by atoms with Gasteiger partial charge in [-0.1, -0.05) is 45.2 Å². The summed E-state index contributed by atoms with van der Waals surface area (Å²) >= 11 is 0. The number of carbonyl (C=O) groups is 1. The van der Waals surface area contributed by atoms with Crippen molar-refractivity contribution in [1.29, 1.82) is 0 Å². The Balaban J connectivity index is 2.60. The molecule has 136 valence electrons. The number of phenols is 1. The number of ketones is 1. The fraction of sp³-hybridized carbons (Fsp3) is 0.588. The highest BCUT2D eigenvalue weighted by Crippen LogP contribution is 2.14. The zero-order valence-electron chi connectivity index (χ0n) is 14.2. The first kappa shape index (κ1) is 20.6. The molecule has 7 heteroatoms. The van der Waals surface area contributed by atoms with E-state index in [1.807, 2.05) is 4.72 Å². The summed E-state index contributed by atoms with van der Waals surface area (Å²) in [6.45, 7) is 4.28. The van der Waals surface area contributed by atoms with Crippen LogP contribution in [0.1, 0.15) is 51.5 Å². The van der Waals surface area contributed by atoms with E-state index >= 15 is 0 Å². The SMILES string of the molecule is CC(C)CCCCCC(=O)[C@H](Cc1ccc(O)cc1)NS(=O)(=O)[O-]. The molecule has 0 bridgehead atoms. The van der Waals surface area contributed by atoms with Gasteiger partial charge in [-0.05, 0) is 36.5 Å². The Morgan fingerprint density at radius 1 is 1.17 bits per heavy atom. The minimum atomic E-state index is -4.71. The number of rotatable bonds is 11. The number of hydrogen-bond donors (Lipinski definition) is 2. The van der Waals surface area contributed by atoms with Crippen LogP contribution in [0.5, 0.6) is 5.75 Å². The highest BCUT2D eigenvalue weighted by atomic mass is 32.2. The molecule has 0 amide bonds. The lowest BCUT2D eigenvalue weighted by molar-refractivity contribution is -0.120. The standard InChI is InChI=1S/C17H27NO5S/c1-13(2)6-4-3-5-7-17(20)16(18-24(21,22)23)12-14-8-10-15(19)11-9-14/h8-11,13,16,18-19H,3-7,12H2,1-2H3,(H,21,22,23)/p-1/t16-/m0/s1. The molecule has 0 saturated heterocycles. The number of aromatic hydroxyl groups is 1. The van der Waals surface area contributed by atoms with Crippen molar-refractivity contribution in [3.05, 3.63) is 29.8 Å². The first-order valence-electron chi connectivity index (χ1n) is 8.21. The molecule has 0 aromatic heterocycles. The van der Waals surface area contributed by atoms with Crippen molar-refractivity contribution in [2.45, 2.75) is 58.4 Å². The molecule has 0 saturated carbocycles. The van der Waals surface area contributed by atoms with Crippen molar-refractivity contribution in [3.63, 3.8) is 0 Å².